The van der Waals surface area contributed by atoms with E-state index in [-0.39, 0.29) is 67.6 Å². The number of nitriles is 3. The highest BCUT2D eigenvalue weighted by atomic mass is 15.0. The van der Waals surface area contributed by atoms with Crippen molar-refractivity contribution in [2.75, 3.05) is 0 Å². The summed E-state index contributed by atoms with van der Waals surface area (Å²) in [6, 6.07) is 37.5. The molecule has 0 aliphatic rings. The number of benzene rings is 5. The first-order valence-corrected chi connectivity index (χ1v) is 17.5. The molecule has 5 heterocycles. The first-order chi connectivity index (χ1) is 29.4. The molecule has 5 aromatic heterocycles. The number of aromatic nitrogens is 10. The molecule has 272 valence electrons. The molecule has 0 aliphatic heterocycles. The molecule has 0 fully saturated rings. The fourth-order valence-electron chi connectivity index (χ4n) is 6.50. The van der Waals surface area contributed by atoms with E-state index in [0.717, 1.165) is 55.6 Å². The lowest BCUT2D eigenvalue weighted by Gasteiger charge is -2.11. The highest BCUT2D eigenvalue weighted by Gasteiger charge is 2.28. The second kappa shape index (κ2) is 14.6. The molecule has 0 N–H and O–H groups in total. The molecule has 0 amide bonds. The number of para-hydroxylation sites is 2. The molecule has 60 heavy (non-hydrogen) atoms. The molecule has 0 saturated carbocycles. The van der Waals surface area contributed by atoms with Gasteiger partial charge in [-0.2, -0.15) is 15.8 Å². The molecule has 10 rings (SSSR count). The SMILES string of the molecule is [C-]#[N+]c1nc2c(nc1C#N)c1nc(C#N)c(C#N)nc1c1nc([N+]#[C-])c([N+]#[C-])nc21.c1ccc(-c2nc3cc4nc5ccccc5nc4cc3nc2-c2ccccc2)cc1. The summed E-state index contributed by atoms with van der Waals surface area (Å²) in [4.78, 5) is 54.0. The fraction of sp³-hybridized carbons (Fsp3) is 0. The maximum absolute atomic E-state index is 9.30. The van der Waals surface area contributed by atoms with Crippen LogP contribution in [0, 0.1) is 53.7 Å². The monoisotopic (exact) mass is 768 g/mol. The summed E-state index contributed by atoms with van der Waals surface area (Å²) in [5.74, 6) is -0.890. The molecule has 16 nitrogen and oxygen atoms in total. The summed E-state index contributed by atoms with van der Waals surface area (Å²) >= 11 is 0. The zero-order valence-electron chi connectivity index (χ0n) is 30.4. The predicted molar refractivity (Wildman–Crippen MR) is 220 cm³/mol. The highest BCUT2D eigenvalue weighted by Crippen LogP contribution is 2.36. The van der Waals surface area contributed by atoms with E-state index in [1.807, 2.05) is 72.8 Å². The van der Waals surface area contributed by atoms with Crippen molar-refractivity contribution in [2.45, 2.75) is 0 Å². The lowest BCUT2D eigenvalue weighted by Crippen LogP contribution is -2.02. The minimum atomic E-state index is -0.298. The van der Waals surface area contributed by atoms with Crippen LogP contribution < -0.4 is 0 Å². The summed E-state index contributed by atoms with van der Waals surface area (Å²) in [5.41, 5.74) is 7.96. The summed E-state index contributed by atoms with van der Waals surface area (Å²) in [6.45, 7) is 21.7. The molecule has 10 aromatic rings. The second-order valence-corrected chi connectivity index (χ2v) is 12.6. The third-order valence-corrected chi connectivity index (χ3v) is 9.16. The van der Waals surface area contributed by atoms with Gasteiger partial charge < -0.3 is 14.5 Å². The van der Waals surface area contributed by atoms with Crippen LogP contribution in [-0.4, -0.2) is 49.8 Å². The molecule has 0 atom stereocenters. The van der Waals surface area contributed by atoms with Gasteiger partial charge in [-0.1, -0.05) is 92.5 Å². The van der Waals surface area contributed by atoms with Gasteiger partial charge in [-0.15, -0.1) is 15.0 Å². The lowest BCUT2D eigenvalue weighted by molar-refractivity contribution is 1.19. The van der Waals surface area contributed by atoms with Gasteiger partial charge in [0.05, 0.1) is 44.5 Å². The molecule has 16 heteroatoms. The Labute approximate surface area is 337 Å². The predicted octanol–water partition coefficient (Wildman–Crippen LogP) is 8.84. The number of fused-ring (bicyclic) bond motifs is 9. The van der Waals surface area contributed by atoms with Crippen LogP contribution in [0.15, 0.2) is 97.1 Å². The van der Waals surface area contributed by atoms with Crippen LogP contribution in [0.5, 0.6) is 0 Å². The third-order valence-electron chi connectivity index (χ3n) is 9.16. The van der Waals surface area contributed by atoms with Crippen LogP contribution in [0.1, 0.15) is 17.1 Å². The van der Waals surface area contributed by atoms with E-state index < -0.39 is 0 Å². The molecule has 0 saturated heterocycles. The van der Waals surface area contributed by atoms with Crippen molar-refractivity contribution in [1.82, 2.24) is 49.8 Å². The van der Waals surface area contributed by atoms with Gasteiger partial charge in [-0.25, -0.2) is 34.9 Å². The van der Waals surface area contributed by atoms with E-state index in [2.05, 4.69) is 68.7 Å². The van der Waals surface area contributed by atoms with Crippen LogP contribution in [0.4, 0.5) is 17.5 Å². The minimum Gasteiger partial charge on any atom is -0.370 e. The van der Waals surface area contributed by atoms with Gasteiger partial charge in [-0.3, -0.25) is 0 Å². The number of nitrogens with zero attached hydrogens (tertiary/aromatic N) is 16. The van der Waals surface area contributed by atoms with E-state index in [4.69, 9.17) is 39.7 Å². The second-order valence-electron chi connectivity index (χ2n) is 12.6. The van der Waals surface area contributed by atoms with Crippen LogP contribution >= 0.6 is 0 Å². The van der Waals surface area contributed by atoms with Crippen LogP contribution in [0.25, 0.3) is 103 Å². The average Bonchev–Trinajstić information content (AvgIpc) is 3.31. The normalized spacial score (nSPS) is 10.6. The molecule has 0 aliphatic carbocycles. The molecule has 0 spiro atoms. The Balaban J connectivity index is 0.000000154. The van der Waals surface area contributed by atoms with Gasteiger partial charge in [0.2, 0.25) is 11.0 Å². The Morgan fingerprint density at radius 2 is 0.683 bits per heavy atom. The molecule has 0 radical (unpaired) electrons. The molecule has 0 bridgehead atoms. The standard InChI is InChI=1S/C26H16N4.C18N12/c1-3-9-17(10-4-1)25-26(18-11-5-2-6-12-18)30-24-16-22-21(15-23(24)29-25)27-19-13-7-8-14-20(19)28-22;1-22-16-9(6-21)27-12-10-11(26-8(5-20)7(4-19)25-10)14-15(13(12)28-16)30-18(24-3)17(23-2)29-14/h1-16H;. The van der Waals surface area contributed by atoms with Crippen molar-refractivity contribution in [2.24, 2.45) is 0 Å². The Bertz CT molecular complexity index is 3260. The molecule has 5 aromatic carbocycles. The van der Waals surface area contributed by atoms with Gasteiger partial charge in [0.1, 0.15) is 34.8 Å². The largest absolute Gasteiger partial charge is 0.370 e. The zero-order valence-corrected chi connectivity index (χ0v) is 30.4. The van der Waals surface area contributed by atoms with Crippen molar-refractivity contribution in [1.29, 1.82) is 15.8 Å². The highest BCUT2D eigenvalue weighted by molar-refractivity contribution is 6.19. The van der Waals surface area contributed by atoms with E-state index in [9.17, 15) is 15.8 Å². The molecular weight excluding hydrogens is 753 g/mol. The number of hydrogen-bond donors (Lipinski definition) is 0. The van der Waals surface area contributed by atoms with Crippen molar-refractivity contribution in [3.8, 4) is 40.7 Å². The third kappa shape index (κ3) is 5.99. The van der Waals surface area contributed by atoms with E-state index >= 15 is 0 Å². The van der Waals surface area contributed by atoms with Crippen molar-refractivity contribution in [3.05, 3.63) is 148 Å². The van der Waals surface area contributed by atoms with Crippen molar-refractivity contribution < 1.29 is 0 Å². The van der Waals surface area contributed by atoms with Crippen molar-refractivity contribution in [3.63, 3.8) is 0 Å². The van der Waals surface area contributed by atoms with Gasteiger partial charge in [0.15, 0.2) is 17.1 Å². The van der Waals surface area contributed by atoms with Crippen LogP contribution in [0.2, 0.25) is 0 Å². The maximum atomic E-state index is 9.30. The molecular formula is C44H16N16. The van der Waals surface area contributed by atoms with Gasteiger partial charge >= 0.3 is 5.82 Å². The van der Waals surface area contributed by atoms with Crippen LogP contribution in [0.3, 0.4) is 0 Å². The minimum absolute atomic E-state index is 0.000622. The van der Waals surface area contributed by atoms with Gasteiger partial charge in [0.25, 0.3) is 17.2 Å². The average molecular weight is 769 g/mol. The zero-order chi connectivity index (χ0) is 41.3. The van der Waals surface area contributed by atoms with E-state index in [1.54, 1.807) is 18.2 Å². The number of rotatable bonds is 2. The maximum Gasteiger partial charge on any atom is 0.307 e. The Hall–Kier alpha value is -10.0. The summed E-state index contributed by atoms with van der Waals surface area (Å²) < 4.78 is 0. The summed E-state index contributed by atoms with van der Waals surface area (Å²) in [6.07, 6.45) is 0. The Kier molecular flexibility index (Phi) is 8.67. The molecule has 0 unspecified atom stereocenters. The van der Waals surface area contributed by atoms with Gasteiger partial charge in [0, 0.05) is 11.1 Å². The van der Waals surface area contributed by atoms with E-state index in [1.165, 1.54) is 0 Å². The van der Waals surface area contributed by atoms with Crippen LogP contribution in [-0.2, 0) is 0 Å². The first-order valence-electron chi connectivity index (χ1n) is 17.5. The smallest absolute Gasteiger partial charge is 0.307 e. The summed E-state index contributed by atoms with van der Waals surface area (Å²) in [7, 11) is 0. The Morgan fingerprint density at radius 1 is 0.350 bits per heavy atom. The van der Waals surface area contributed by atoms with E-state index in [0.29, 0.717) is 0 Å². The number of hydrogen-bond acceptors (Lipinski definition) is 13. The van der Waals surface area contributed by atoms with Gasteiger partial charge in [-0.05, 0) is 24.3 Å². The Morgan fingerprint density at radius 3 is 1.07 bits per heavy atom. The summed E-state index contributed by atoms with van der Waals surface area (Å²) in [5, 5.41) is 27.9. The fourth-order valence-corrected chi connectivity index (χ4v) is 6.50. The quantitative estimate of drug-likeness (QED) is 0.0914. The lowest BCUT2D eigenvalue weighted by atomic mass is 10.0. The first kappa shape index (κ1) is 35.7. The van der Waals surface area contributed by atoms with Crippen molar-refractivity contribution >= 4 is 83.7 Å². The topological polar surface area (TPSA) is 213 Å².